The summed E-state index contributed by atoms with van der Waals surface area (Å²) in [5, 5.41) is 9.17. The van der Waals surface area contributed by atoms with Crippen molar-refractivity contribution >= 4 is 10.0 Å². The summed E-state index contributed by atoms with van der Waals surface area (Å²) in [4.78, 5) is 6.66. The van der Waals surface area contributed by atoms with Gasteiger partial charge in [-0.05, 0) is 24.7 Å². The van der Waals surface area contributed by atoms with Crippen molar-refractivity contribution in [3.8, 4) is 0 Å². The van der Waals surface area contributed by atoms with E-state index < -0.39 is 10.0 Å². The van der Waals surface area contributed by atoms with E-state index in [0.717, 1.165) is 0 Å². The Balaban J connectivity index is 1.81. The van der Waals surface area contributed by atoms with Crippen LogP contribution in [0.2, 0.25) is 0 Å². The van der Waals surface area contributed by atoms with Crippen LogP contribution in [0.4, 0.5) is 0 Å². The van der Waals surface area contributed by atoms with Crippen molar-refractivity contribution in [2.75, 3.05) is 19.7 Å². The van der Waals surface area contributed by atoms with E-state index in [9.17, 15) is 8.42 Å². The Morgan fingerprint density at radius 3 is 2.65 bits per heavy atom. The van der Waals surface area contributed by atoms with Crippen LogP contribution >= 0.6 is 0 Å². The van der Waals surface area contributed by atoms with Crippen LogP contribution in [0.3, 0.4) is 0 Å². The first-order valence-electron chi connectivity index (χ1n) is 5.66. The highest BCUT2D eigenvalue weighted by Gasteiger charge is 2.57. The first kappa shape index (κ1) is 11.2. The Kier molecular flexibility index (Phi) is 2.33. The lowest BCUT2D eigenvalue weighted by Crippen LogP contribution is -2.32. The molecule has 2 aliphatic rings. The number of fused-ring (bicyclic) bond motifs is 1. The second kappa shape index (κ2) is 3.54. The number of aliphatic hydroxyl groups excluding tert-OH is 1. The molecule has 2 heterocycles. The van der Waals surface area contributed by atoms with Crippen LogP contribution in [0.15, 0.2) is 11.4 Å². The average Bonchev–Trinajstić information content (AvgIpc) is 2.71. The molecule has 1 saturated heterocycles. The topological polar surface area (TPSA) is 86.3 Å². The first-order chi connectivity index (χ1) is 8.05. The van der Waals surface area contributed by atoms with Crippen molar-refractivity contribution in [1.29, 1.82) is 0 Å². The summed E-state index contributed by atoms with van der Waals surface area (Å²) in [5.74, 6) is 0.991. The van der Waals surface area contributed by atoms with Gasteiger partial charge in [0, 0.05) is 19.7 Å². The minimum atomic E-state index is -3.45. The largest absolute Gasteiger partial charge is 0.396 e. The van der Waals surface area contributed by atoms with Gasteiger partial charge in [-0.2, -0.15) is 4.31 Å². The van der Waals surface area contributed by atoms with E-state index in [1.54, 1.807) is 6.92 Å². The molecule has 7 heteroatoms. The monoisotopic (exact) mass is 257 g/mol. The van der Waals surface area contributed by atoms with Crippen molar-refractivity contribution < 1.29 is 13.5 Å². The molecule has 1 aliphatic heterocycles. The zero-order chi connectivity index (χ0) is 12.2. The van der Waals surface area contributed by atoms with Crippen molar-refractivity contribution in [1.82, 2.24) is 14.3 Å². The maximum atomic E-state index is 12.3. The van der Waals surface area contributed by atoms with E-state index in [4.69, 9.17) is 5.11 Å². The van der Waals surface area contributed by atoms with Gasteiger partial charge in [-0.1, -0.05) is 0 Å². The molecule has 0 spiro atoms. The molecule has 2 fully saturated rings. The molecule has 1 unspecified atom stereocenters. The van der Waals surface area contributed by atoms with Crippen LogP contribution in [0, 0.1) is 24.7 Å². The Labute approximate surface area is 99.7 Å². The van der Waals surface area contributed by atoms with Crippen molar-refractivity contribution in [3.05, 3.63) is 12.0 Å². The summed E-state index contributed by atoms with van der Waals surface area (Å²) >= 11 is 0. The lowest BCUT2D eigenvalue weighted by molar-refractivity contribution is 0.247. The normalized spacial score (nSPS) is 32.7. The molecular weight excluding hydrogens is 242 g/mol. The third-order valence-corrected chi connectivity index (χ3v) is 5.79. The summed E-state index contributed by atoms with van der Waals surface area (Å²) in [7, 11) is -3.45. The maximum absolute atomic E-state index is 12.3. The number of rotatable bonds is 3. The molecule has 1 aromatic rings. The highest BCUT2D eigenvalue weighted by molar-refractivity contribution is 7.89. The molecule has 94 valence electrons. The standard InChI is InChI=1S/C10H15N3O3S/c1-6-10(12-5-11-6)17(15,16)13-2-7-8(3-13)9(7)4-14/h5,7-9,14H,2-4H2,1H3,(H,11,12)/t7-,8+,9?. The lowest BCUT2D eigenvalue weighted by Gasteiger charge is -2.18. The number of aromatic nitrogens is 2. The molecule has 1 saturated carbocycles. The summed E-state index contributed by atoms with van der Waals surface area (Å²) in [6, 6.07) is 0. The SMILES string of the molecule is Cc1[nH]cnc1S(=O)(=O)N1C[C@@H]2C(CO)[C@@H]2C1. The molecule has 6 nitrogen and oxygen atoms in total. The van der Waals surface area contributed by atoms with E-state index in [1.165, 1.54) is 10.6 Å². The fourth-order valence-electron chi connectivity index (χ4n) is 2.81. The zero-order valence-corrected chi connectivity index (χ0v) is 10.3. The number of nitrogens with zero attached hydrogens (tertiary/aromatic N) is 2. The Hall–Kier alpha value is -0.920. The van der Waals surface area contributed by atoms with E-state index in [0.29, 0.717) is 36.5 Å². The van der Waals surface area contributed by atoms with Crippen molar-refractivity contribution in [2.24, 2.45) is 17.8 Å². The van der Waals surface area contributed by atoms with Crippen LogP contribution in [0.1, 0.15) is 5.69 Å². The predicted octanol–water partition coefficient (Wildman–Crippen LogP) is -0.423. The first-order valence-corrected chi connectivity index (χ1v) is 7.10. The van der Waals surface area contributed by atoms with Gasteiger partial charge in [0.05, 0.1) is 12.0 Å². The number of piperidine rings is 1. The third kappa shape index (κ3) is 1.53. The second-order valence-corrected chi connectivity index (χ2v) is 6.68. The van der Waals surface area contributed by atoms with E-state index in [1.807, 2.05) is 0 Å². The maximum Gasteiger partial charge on any atom is 0.262 e. The minimum absolute atomic E-state index is 0.124. The Bertz CT molecular complexity index is 527. The molecule has 2 N–H and O–H groups in total. The number of hydrogen-bond donors (Lipinski definition) is 2. The molecule has 3 rings (SSSR count). The summed E-state index contributed by atoms with van der Waals surface area (Å²) in [6.07, 6.45) is 1.40. The predicted molar refractivity (Wildman–Crippen MR) is 59.6 cm³/mol. The molecule has 0 aromatic carbocycles. The van der Waals surface area contributed by atoms with Crippen LogP contribution < -0.4 is 0 Å². The molecule has 0 bridgehead atoms. The summed E-state index contributed by atoms with van der Waals surface area (Å²) in [5.41, 5.74) is 0.573. The third-order valence-electron chi connectivity index (χ3n) is 3.92. The number of H-pyrrole nitrogens is 1. The van der Waals surface area contributed by atoms with E-state index in [2.05, 4.69) is 9.97 Å². The molecular formula is C10H15N3O3S. The van der Waals surface area contributed by atoms with Gasteiger partial charge in [-0.15, -0.1) is 0 Å². The molecule has 17 heavy (non-hydrogen) atoms. The quantitative estimate of drug-likeness (QED) is 0.770. The van der Waals surface area contributed by atoms with Gasteiger partial charge in [-0.3, -0.25) is 0 Å². The fourth-order valence-corrected chi connectivity index (χ4v) is 4.42. The van der Waals surface area contributed by atoms with Gasteiger partial charge in [0.15, 0.2) is 5.03 Å². The number of sulfonamides is 1. The minimum Gasteiger partial charge on any atom is -0.396 e. The lowest BCUT2D eigenvalue weighted by atomic mass is 10.3. The number of imidazole rings is 1. The van der Waals surface area contributed by atoms with Gasteiger partial charge in [0.25, 0.3) is 10.0 Å². The highest BCUT2D eigenvalue weighted by atomic mass is 32.2. The number of aliphatic hydroxyl groups is 1. The smallest absolute Gasteiger partial charge is 0.262 e. The molecule has 1 aliphatic carbocycles. The van der Waals surface area contributed by atoms with Crippen molar-refractivity contribution in [2.45, 2.75) is 11.9 Å². The fraction of sp³-hybridized carbons (Fsp3) is 0.700. The Morgan fingerprint density at radius 2 is 2.18 bits per heavy atom. The number of aryl methyl sites for hydroxylation is 1. The highest BCUT2D eigenvalue weighted by Crippen LogP contribution is 2.52. The van der Waals surface area contributed by atoms with Gasteiger partial charge in [0.1, 0.15) is 0 Å². The second-order valence-electron chi connectivity index (χ2n) is 4.83. The van der Waals surface area contributed by atoms with Crippen molar-refractivity contribution in [3.63, 3.8) is 0 Å². The van der Waals surface area contributed by atoms with Gasteiger partial charge in [0.2, 0.25) is 0 Å². The van der Waals surface area contributed by atoms with E-state index in [-0.39, 0.29) is 11.6 Å². The van der Waals surface area contributed by atoms with Crippen LogP contribution in [-0.4, -0.2) is 47.5 Å². The zero-order valence-electron chi connectivity index (χ0n) is 9.50. The summed E-state index contributed by atoms with van der Waals surface area (Å²) in [6.45, 7) is 2.91. The van der Waals surface area contributed by atoms with Crippen LogP contribution in [0.25, 0.3) is 0 Å². The van der Waals surface area contributed by atoms with E-state index >= 15 is 0 Å². The number of aromatic amines is 1. The van der Waals surface area contributed by atoms with Crippen LogP contribution in [-0.2, 0) is 10.0 Å². The molecule has 0 amide bonds. The molecule has 1 aromatic heterocycles. The van der Waals surface area contributed by atoms with Gasteiger partial charge < -0.3 is 10.1 Å². The van der Waals surface area contributed by atoms with Gasteiger partial charge >= 0.3 is 0 Å². The number of hydrogen-bond acceptors (Lipinski definition) is 4. The Morgan fingerprint density at radius 1 is 1.53 bits per heavy atom. The average molecular weight is 257 g/mol. The van der Waals surface area contributed by atoms with Gasteiger partial charge in [-0.25, -0.2) is 13.4 Å². The molecule has 0 radical (unpaired) electrons. The van der Waals surface area contributed by atoms with Crippen LogP contribution in [0.5, 0.6) is 0 Å². The molecule has 3 atom stereocenters. The number of nitrogens with one attached hydrogen (secondary N) is 1. The summed E-state index contributed by atoms with van der Waals surface area (Å²) < 4.78 is 26.0.